The number of benzene rings is 1. The summed E-state index contributed by atoms with van der Waals surface area (Å²) in [6, 6.07) is 5.73. The summed E-state index contributed by atoms with van der Waals surface area (Å²) in [7, 11) is 0. The second kappa shape index (κ2) is 7.78. The zero-order chi connectivity index (χ0) is 18.8. The minimum atomic E-state index is -0.458. The molecule has 28 heavy (non-hydrogen) atoms. The van der Waals surface area contributed by atoms with Crippen LogP contribution in [0.15, 0.2) is 42.7 Å². The highest BCUT2D eigenvalue weighted by Crippen LogP contribution is 2.38. The van der Waals surface area contributed by atoms with E-state index in [0.717, 1.165) is 29.9 Å². The van der Waals surface area contributed by atoms with E-state index in [9.17, 15) is 0 Å². The summed E-state index contributed by atoms with van der Waals surface area (Å²) >= 11 is 0. The summed E-state index contributed by atoms with van der Waals surface area (Å²) in [5.74, 6) is 1.27. The van der Waals surface area contributed by atoms with Gasteiger partial charge in [0.2, 0.25) is 13.1 Å². The highest BCUT2D eigenvalue weighted by atomic mass is 16.7. The van der Waals surface area contributed by atoms with Gasteiger partial charge < -0.3 is 28.4 Å². The van der Waals surface area contributed by atoms with Crippen LogP contribution in [0.5, 0.6) is 11.5 Å². The molecule has 5 rings (SSSR count). The smallest absolute Gasteiger partial charge is 0.231 e. The van der Waals surface area contributed by atoms with Gasteiger partial charge in [-0.1, -0.05) is 18.6 Å². The van der Waals surface area contributed by atoms with Crippen LogP contribution in [0, 0.1) is 5.92 Å². The molecular formula is C22H26O6. The molecule has 2 fully saturated rings. The highest BCUT2D eigenvalue weighted by Gasteiger charge is 2.41. The molecule has 1 spiro atoms. The Bertz CT molecular complexity index is 751. The fourth-order valence-electron chi connectivity index (χ4n) is 4.16. The maximum atomic E-state index is 6.21. The number of rotatable bonds is 3. The third-order valence-corrected chi connectivity index (χ3v) is 5.70. The molecular weight excluding hydrogens is 360 g/mol. The Morgan fingerprint density at radius 3 is 2.79 bits per heavy atom. The average molecular weight is 386 g/mol. The van der Waals surface area contributed by atoms with Gasteiger partial charge in [0, 0.05) is 24.3 Å². The van der Waals surface area contributed by atoms with Crippen molar-refractivity contribution in [3.8, 4) is 11.5 Å². The first-order chi connectivity index (χ1) is 13.8. The van der Waals surface area contributed by atoms with Crippen LogP contribution in [-0.4, -0.2) is 31.9 Å². The van der Waals surface area contributed by atoms with E-state index in [1.807, 2.05) is 24.3 Å². The number of hydrogen-bond acceptors (Lipinski definition) is 6. The maximum Gasteiger partial charge on any atom is 0.231 e. The zero-order valence-electron chi connectivity index (χ0n) is 15.9. The van der Waals surface area contributed by atoms with Crippen molar-refractivity contribution in [2.24, 2.45) is 5.92 Å². The summed E-state index contributed by atoms with van der Waals surface area (Å²) < 4.78 is 34.7. The molecule has 4 aliphatic rings. The van der Waals surface area contributed by atoms with Gasteiger partial charge in [-0.2, -0.15) is 0 Å². The lowest BCUT2D eigenvalue weighted by molar-refractivity contribution is -0.182. The lowest BCUT2D eigenvalue weighted by atomic mass is 9.94. The van der Waals surface area contributed by atoms with E-state index in [1.165, 1.54) is 19.3 Å². The van der Waals surface area contributed by atoms with E-state index in [4.69, 9.17) is 28.4 Å². The molecule has 3 heterocycles. The molecule has 1 saturated carbocycles. The van der Waals surface area contributed by atoms with Crippen LogP contribution in [0.1, 0.15) is 44.0 Å². The normalized spacial score (nSPS) is 31.2. The van der Waals surface area contributed by atoms with Crippen molar-refractivity contribution in [3.63, 3.8) is 0 Å². The Morgan fingerprint density at radius 1 is 0.964 bits per heavy atom. The van der Waals surface area contributed by atoms with Gasteiger partial charge in [-0.05, 0) is 37.1 Å². The average Bonchev–Trinajstić information content (AvgIpc) is 3.27. The third kappa shape index (κ3) is 3.77. The molecule has 0 radical (unpaired) electrons. The second-order valence-corrected chi connectivity index (χ2v) is 7.73. The van der Waals surface area contributed by atoms with Gasteiger partial charge in [-0.15, -0.1) is 0 Å². The molecule has 0 unspecified atom stereocenters. The van der Waals surface area contributed by atoms with Crippen LogP contribution in [0.25, 0.3) is 0 Å². The number of hydrogen-bond donors (Lipinski definition) is 0. The van der Waals surface area contributed by atoms with Crippen LogP contribution in [0.2, 0.25) is 0 Å². The SMILES string of the molecule is C1=C[C@@H](/C=C/[C@@H]2COC3(CCCCC3)O2)CO[C@H](c2ccc3c(c2)OCO3)O1. The first-order valence-electron chi connectivity index (χ1n) is 10.1. The summed E-state index contributed by atoms with van der Waals surface area (Å²) in [4.78, 5) is 0. The van der Waals surface area contributed by atoms with Crippen molar-refractivity contribution in [1.82, 2.24) is 0 Å². The molecule has 3 atom stereocenters. The minimum Gasteiger partial charge on any atom is -0.469 e. The predicted molar refractivity (Wildman–Crippen MR) is 101 cm³/mol. The van der Waals surface area contributed by atoms with Crippen molar-refractivity contribution >= 4 is 0 Å². The van der Waals surface area contributed by atoms with Gasteiger partial charge >= 0.3 is 0 Å². The van der Waals surface area contributed by atoms with E-state index < -0.39 is 6.29 Å². The van der Waals surface area contributed by atoms with Crippen molar-refractivity contribution in [2.75, 3.05) is 20.0 Å². The Hall–Kier alpha value is -2.02. The molecule has 6 nitrogen and oxygen atoms in total. The quantitative estimate of drug-likeness (QED) is 0.725. The lowest BCUT2D eigenvalue weighted by Crippen LogP contribution is -2.33. The Kier molecular flexibility index (Phi) is 5.01. The molecule has 0 bridgehead atoms. The molecule has 150 valence electrons. The van der Waals surface area contributed by atoms with E-state index in [-0.39, 0.29) is 24.6 Å². The molecule has 1 aliphatic carbocycles. The van der Waals surface area contributed by atoms with E-state index in [2.05, 4.69) is 12.2 Å². The largest absolute Gasteiger partial charge is 0.469 e. The van der Waals surface area contributed by atoms with Crippen molar-refractivity contribution < 1.29 is 28.4 Å². The van der Waals surface area contributed by atoms with Crippen molar-refractivity contribution in [2.45, 2.75) is 50.3 Å². The second-order valence-electron chi connectivity index (χ2n) is 7.73. The molecule has 0 aromatic heterocycles. The van der Waals surface area contributed by atoms with Crippen LogP contribution < -0.4 is 9.47 Å². The summed E-state index contributed by atoms with van der Waals surface area (Å²) in [5.41, 5.74) is 0.908. The van der Waals surface area contributed by atoms with Crippen LogP contribution >= 0.6 is 0 Å². The molecule has 3 aliphatic heterocycles. The zero-order valence-corrected chi connectivity index (χ0v) is 15.9. The van der Waals surface area contributed by atoms with Gasteiger partial charge in [0.1, 0.15) is 6.10 Å². The summed E-state index contributed by atoms with van der Waals surface area (Å²) in [6.45, 7) is 1.42. The monoisotopic (exact) mass is 386 g/mol. The van der Waals surface area contributed by atoms with E-state index >= 15 is 0 Å². The highest BCUT2D eigenvalue weighted by molar-refractivity contribution is 5.44. The Balaban J connectivity index is 1.17. The Morgan fingerprint density at radius 2 is 1.86 bits per heavy atom. The molecule has 1 aromatic carbocycles. The van der Waals surface area contributed by atoms with Crippen molar-refractivity contribution in [3.05, 3.63) is 48.3 Å². The van der Waals surface area contributed by atoms with Gasteiger partial charge in [0.25, 0.3) is 0 Å². The lowest BCUT2D eigenvalue weighted by Gasteiger charge is -2.31. The topological polar surface area (TPSA) is 55.4 Å². The standard InChI is InChI=1S/C22H26O6/c1-2-9-22(10-3-1)27-14-18(28-22)6-4-16-8-11-23-21(24-13-16)17-5-7-19-20(12-17)26-15-25-19/h4-8,11-12,16,18,21H,1-3,9-10,13-15H2/b6-4+/t16-,18-,21-/m1/s1. The minimum absolute atomic E-state index is 0.0142. The van der Waals surface area contributed by atoms with Gasteiger partial charge in [-0.3, -0.25) is 0 Å². The molecule has 0 amide bonds. The van der Waals surface area contributed by atoms with Gasteiger partial charge in [-0.25, -0.2) is 0 Å². The maximum absolute atomic E-state index is 6.21. The molecule has 1 aromatic rings. The van der Waals surface area contributed by atoms with Crippen molar-refractivity contribution in [1.29, 1.82) is 0 Å². The first-order valence-corrected chi connectivity index (χ1v) is 10.1. The van der Waals surface area contributed by atoms with Crippen LogP contribution in [0.4, 0.5) is 0 Å². The first kappa shape index (κ1) is 18.0. The van der Waals surface area contributed by atoms with E-state index in [1.54, 1.807) is 6.26 Å². The van der Waals surface area contributed by atoms with E-state index in [0.29, 0.717) is 13.2 Å². The van der Waals surface area contributed by atoms with Crippen LogP contribution in [-0.2, 0) is 18.9 Å². The molecule has 6 heteroatoms. The molecule has 1 saturated heterocycles. The Labute approximate surface area is 165 Å². The summed E-state index contributed by atoms with van der Waals surface area (Å²) in [6.07, 6.45) is 13.2. The van der Waals surface area contributed by atoms with Gasteiger partial charge in [0.15, 0.2) is 17.3 Å². The van der Waals surface area contributed by atoms with Crippen LogP contribution in [0.3, 0.4) is 0 Å². The summed E-state index contributed by atoms with van der Waals surface area (Å²) in [5, 5.41) is 0. The van der Waals surface area contributed by atoms with Gasteiger partial charge in [0.05, 0.1) is 19.5 Å². The number of ether oxygens (including phenoxy) is 6. The third-order valence-electron chi connectivity index (χ3n) is 5.70. The number of fused-ring (bicyclic) bond motifs is 1. The molecule has 0 N–H and O–H groups in total. The predicted octanol–water partition coefficient (Wildman–Crippen LogP) is 4.22. The fraction of sp³-hybridized carbons (Fsp3) is 0.545. The fourth-order valence-corrected chi connectivity index (χ4v) is 4.16.